The summed E-state index contributed by atoms with van der Waals surface area (Å²) in [4.78, 5) is 3.97. The SMILES string of the molecule is OCc1ccc2ccn(Cc3nccn3C(F)F)c2c1. The van der Waals surface area contributed by atoms with Gasteiger partial charge in [-0.25, -0.2) is 4.98 Å². The van der Waals surface area contributed by atoms with Crippen LogP contribution >= 0.6 is 0 Å². The standard InChI is InChI=1S/C14H13F2N3O/c15-14(16)19-6-4-17-13(19)8-18-5-3-11-2-1-10(9-20)7-12(11)18/h1-7,14,20H,8-9H2. The average molecular weight is 277 g/mol. The number of aliphatic hydroxyl groups is 1. The highest BCUT2D eigenvalue weighted by molar-refractivity contribution is 5.80. The zero-order valence-electron chi connectivity index (χ0n) is 10.6. The Bertz CT molecular complexity index is 733. The fourth-order valence-corrected chi connectivity index (χ4v) is 2.26. The molecule has 0 unspecified atom stereocenters. The van der Waals surface area contributed by atoms with Gasteiger partial charge in [0.05, 0.1) is 13.2 Å². The average Bonchev–Trinajstić information content (AvgIpc) is 3.06. The number of nitrogens with zero attached hydrogens (tertiary/aromatic N) is 3. The van der Waals surface area contributed by atoms with Crippen LogP contribution in [0, 0.1) is 0 Å². The van der Waals surface area contributed by atoms with Gasteiger partial charge in [0, 0.05) is 24.1 Å². The monoisotopic (exact) mass is 277 g/mol. The van der Waals surface area contributed by atoms with Gasteiger partial charge in [0.1, 0.15) is 5.82 Å². The summed E-state index contributed by atoms with van der Waals surface area (Å²) in [5, 5.41) is 10.2. The van der Waals surface area contributed by atoms with Crippen molar-refractivity contribution in [2.45, 2.75) is 19.7 Å². The second kappa shape index (κ2) is 5.05. The lowest BCUT2D eigenvalue weighted by atomic mass is 10.2. The molecule has 0 aliphatic rings. The number of aliphatic hydroxyl groups excluding tert-OH is 1. The van der Waals surface area contributed by atoms with Gasteiger partial charge < -0.3 is 9.67 Å². The molecule has 0 fully saturated rings. The Hall–Kier alpha value is -2.21. The highest BCUT2D eigenvalue weighted by Gasteiger charge is 2.12. The number of benzene rings is 1. The van der Waals surface area contributed by atoms with E-state index in [-0.39, 0.29) is 13.2 Å². The molecule has 0 saturated carbocycles. The minimum atomic E-state index is -2.60. The predicted molar refractivity (Wildman–Crippen MR) is 70.4 cm³/mol. The lowest BCUT2D eigenvalue weighted by molar-refractivity contribution is 0.0667. The van der Waals surface area contributed by atoms with Crippen molar-refractivity contribution in [3.8, 4) is 0 Å². The Morgan fingerprint density at radius 2 is 2.05 bits per heavy atom. The maximum absolute atomic E-state index is 12.8. The number of hydrogen-bond acceptors (Lipinski definition) is 2. The molecule has 0 bridgehead atoms. The molecular weight excluding hydrogens is 264 g/mol. The van der Waals surface area contributed by atoms with Gasteiger partial charge in [0.2, 0.25) is 0 Å². The van der Waals surface area contributed by atoms with Gasteiger partial charge in [-0.15, -0.1) is 0 Å². The Kier molecular flexibility index (Phi) is 3.23. The maximum atomic E-state index is 12.8. The Labute approximate surface area is 113 Å². The molecule has 20 heavy (non-hydrogen) atoms. The van der Waals surface area contributed by atoms with Gasteiger partial charge in [0.25, 0.3) is 0 Å². The smallest absolute Gasteiger partial charge is 0.319 e. The van der Waals surface area contributed by atoms with Crippen molar-refractivity contribution >= 4 is 10.9 Å². The van der Waals surface area contributed by atoms with Gasteiger partial charge in [-0.3, -0.25) is 4.57 Å². The first kappa shape index (κ1) is 12.8. The number of aromatic nitrogens is 3. The van der Waals surface area contributed by atoms with Gasteiger partial charge in [-0.1, -0.05) is 12.1 Å². The van der Waals surface area contributed by atoms with E-state index in [1.165, 1.54) is 12.4 Å². The lowest BCUT2D eigenvalue weighted by Gasteiger charge is -2.09. The van der Waals surface area contributed by atoms with Crippen LogP contribution in [-0.2, 0) is 13.2 Å². The van der Waals surface area contributed by atoms with Crippen LogP contribution in [0.4, 0.5) is 8.78 Å². The molecular formula is C14H13F2N3O. The number of imidazole rings is 1. The molecule has 1 N–H and O–H groups in total. The Morgan fingerprint density at radius 1 is 1.20 bits per heavy atom. The van der Waals surface area contributed by atoms with E-state index in [0.29, 0.717) is 5.82 Å². The Morgan fingerprint density at radius 3 is 2.80 bits per heavy atom. The molecule has 0 atom stereocenters. The highest BCUT2D eigenvalue weighted by Crippen LogP contribution is 2.20. The quantitative estimate of drug-likeness (QED) is 0.797. The third kappa shape index (κ3) is 2.18. The molecule has 0 radical (unpaired) electrons. The number of halogens is 2. The molecule has 0 aliphatic carbocycles. The molecule has 0 aliphatic heterocycles. The van der Waals surface area contributed by atoms with Crippen LogP contribution in [0.25, 0.3) is 10.9 Å². The van der Waals surface area contributed by atoms with Gasteiger partial charge in [-0.05, 0) is 23.1 Å². The molecule has 3 aromatic rings. The summed E-state index contributed by atoms with van der Waals surface area (Å²) in [6, 6.07) is 7.50. The summed E-state index contributed by atoms with van der Waals surface area (Å²) in [6.07, 6.45) is 4.47. The minimum absolute atomic E-state index is 0.0488. The summed E-state index contributed by atoms with van der Waals surface area (Å²) < 4.78 is 28.3. The normalized spacial score (nSPS) is 11.6. The summed E-state index contributed by atoms with van der Waals surface area (Å²) in [5.41, 5.74) is 1.68. The molecule has 0 spiro atoms. The van der Waals surface area contributed by atoms with E-state index in [2.05, 4.69) is 4.98 Å². The molecule has 3 rings (SSSR count). The van der Waals surface area contributed by atoms with E-state index >= 15 is 0 Å². The Balaban J connectivity index is 2.00. The van der Waals surface area contributed by atoms with Crippen molar-refractivity contribution in [2.24, 2.45) is 0 Å². The van der Waals surface area contributed by atoms with Crippen LogP contribution in [0.3, 0.4) is 0 Å². The lowest BCUT2D eigenvalue weighted by Crippen LogP contribution is -2.08. The van der Waals surface area contributed by atoms with E-state index in [1.54, 1.807) is 0 Å². The minimum Gasteiger partial charge on any atom is -0.392 e. The topological polar surface area (TPSA) is 43.0 Å². The molecule has 2 heterocycles. The van der Waals surface area contributed by atoms with Crippen molar-refractivity contribution < 1.29 is 13.9 Å². The van der Waals surface area contributed by atoms with Crippen molar-refractivity contribution in [3.63, 3.8) is 0 Å². The van der Waals surface area contributed by atoms with Crippen molar-refractivity contribution in [1.29, 1.82) is 0 Å². The number of rotatable bonds is 4. The van der Waals surface area contributed by atoms with E-state index in [0.717, 1.165) is 21.0 Å². The number of fused-ring (bicyclic) bond motifs is 1. The van der Waals surface area contributed by atoms with Crippen molar-refractivity contribution in [2.75, 3.05) is 0 Å². The third-order valence-corrected chi connectivity index (χ3v) is 3.29. The largest absolute Gasteiger partial charge is 0.392 e. The second-order valence-electron chi connectivity index (χ2n) is 4.52. The zero-order chi connectivity index (χ0) is 14.1. The summed E-state index contributed by atoms with van der Waals surface area (Å²) in [5.74, 6) is 0.298. The van der Waals surface area contributed by atoms with Crippen molar-refractivity contribution in [3.05, 3.63) is 54.2 Å². The van der Waals surface area contributed by atoms with E-state index in [1.807, 2.05) is 35.0 Å². The molecule has 104 valence electrons. The molecule has 1 aromatic carbocycles. The van der Waals surface area contributed by atoms with E-state index in [4.69, 9.17) is 0 Å². The first-order chi connectivity index (χ1) is 9.69. The maximum Gasteiger partial charge on any atom is 0.319 e. The summed E-state index contributed by atoms with van der Waals surface area (Å²) >= 11 is 0. The summed E-state index contributed by atoms with van der Waals surface area (Å²) in [7, 11) is 0. The third-order valence-electron chi connectivity index (χ3n) is 3.29. The van der Waals surface area contributed by atoms with Gasteiger partial charge >= 0.3 is 6.55 Å². The molecule has 4 nitrogen and oxygen atoms in total. The molecule has 6 heteroatoms. The predicted octanol–water partition coefficient (Wildman–Crippen LogP) is 2.77. The van der Waals surface area contributed by atoms with Crippen LogP contribution in [0.1, 0.15) is 17.9 Å². The first-order valence-electron chi connectivity index (χ1n) is 6.17. The first-order valence-corrected chi connectivity index (χ1v) is 6.17. The molecule has 0 saturated heterocycles. The van der Waals surface area contributed by atoms with Crippen LogP contribution < -0.4 is 0 Å². The fourth-order valence-electron chi connectivity index (χ4n) is 2.26. The van der Waals surface area contributed by atoms with Gasteiger partial charge in [0.15, 0.2) is 0 Å². The van der Waals surface area contributed by atoms with Crippen LogP contribution in [0.5, 0.6) is 0 Å². The zero-order valence-corrected chi connectivity index (χ0v) is 10.6. The number of alkyl halides is 2. The molecule has 0 amide bonds. The van der Waals surface area contributed by atoms with Crippen molar-refractivity contribution in [1.82, 2.24) is 14.1 Å². The van der Waals surface area contributed by atoms with Crippen LogP contribution in [0.15, 0.2) is 42.9 Å². The fraction of sp³-hybridized carbons (Fsp3) is 0.214. The second-order valence-corrected chi connectivity index (χ2v) is 4.52. The molecule has 2 aromatic heterocycles. The van der Waals surface area contributed by atoms with E-state index < -0.39 is 6.55 Å². The van der Waals surface area contributed by atoms with Crippen LogP contribution in [-0.4, -0.2) is 19.2 Å². The highest BCUT2D eigenvalue weighted by atomic mass is 19.3. The summed E-state index contributed by atoms with van der Waals surface area (Å²) in [6.45, 7) is -2.38. The van der Waals surface area contributed by atoms with E-state index in [9.17, 15) is 13.9 Å². The van der Waals surface area contributed by atoms with Crippen LogP contribution in [0.2, 0.25) is 0 Å². The van der Waals surface area contributed by atoms with Gasteiger partial charge in [-0.2, -0.15) is 8.78 Å². The number of hydrogen-bond donors (Lipinski definition) is 1.